The number of nitro benzene ring substituents is 1. The molecule has 2 rings (SSSR count). The molecule has 0 atom stereocenters. The first-order valence-electron chi connectivity index (χ1n) is 7.70. The summed E-state index contributed by atoms with van der Waals surface area (Å²) in [6.45, 7) is 11.2. The van der Waals surface area contributed by atoms with Gasteiger partial charge in [-0.25, -0.2) is 0 Å². The lowest BCUT2D eigenvalue weighted by atomic mass is 9.77. The van der Waals surface area contributed by atoms with Crippen molar-refractivity contribution in [2.24, 2.45) is 0 Å². The Morgan fingerprint density at radius 3 is 2.25 bits per heavy atom. The van der Waals surface area contributed by atoms with E-state index in [1.165, 1.54) is 12.1 Å². The first-order valence-corrected chi connectivity index (χ1v) is 10.1. The number of nitrogens with zero attached hydrogens (tertiary/aromatic N) is 1. The van der Waals surface area contributed by atoms with Gasteiger partial charge in [0.05, 0.1) is 28.2 Å². The van der Waals surface area contributed by atoms with E-state index in [0.717, 1.165) is 0 Å². The van der Waals surface area contributed by atoms with Gasteiger partial charge in [0, 0.05) is 5.56 Å². The van der Waals surface area contributed by atoms with Gasteiger partial charge in [-0.15, -0.1) is 0 Å². The van der Waals surface area contributed by atoms with E-state index in [4.69, 9.17) is 13.7 Å². The summed E-state index contributed by atoms with van der Waals surface area (Å²) >= 11 is 0. The second-order valence-electron chi connectivity index (χ2n) is 7.02. The maximum Gasteiger partial charge on any atom is 0.502 e. The molecule has 1 aliphatic heterocycles. The van der Waals surface area contributed by atoms with Crippen LogP contribution in [-0.2, 0) is 20.3 Å². The lowest BCUT2D eigenvalue weighted by molar-refractivity contribution is -0.386. The van der Waals surface area contributed by atoms with Gasteiger partial charge in [0.2, 0.25) is 14.9 Å². The molecule has 9 heteroatoms. The lowest BCUT2D eigenvalue weighted by Crippen LogP contribution is -2.41. The van der Waals surface area contributed by atoms with Crippen molar-refractivity contribution in [1.29, 1.82) is 0 Å². The highest BCUT2D eigenvalue weighted by Gasteiger charge is 2.53. The zero-order chi connectivity index (χ0) is 18.3. The highest BCUT2D eigenvalue weighted by molar-refractivity contribution is 6.63. The first kappa shape index (κ1) is 19.0. The molecule has 0 N–H and O–H groups in total. The maximum atomic E-state index is 14.7. The lowest BCUT2D eigenvalue weighted by Gasteiger charge is -2.32. The Morgan fingerprint density at radius 1 is 1.25 bits per heavy atom. The highest BCUT2D eigenvalue weighted by atomic mass is 28.3. The Labute approximate surface area is 143 Å². The molecule has 131 valence electrons. The number of hydrogen-bond acceptors (Lipinski definition) is 5. The summed E-state index contributed by atoms with van der Waals surface area (Å²) in [6.07, 6.45) is 0. The van der Waals surface area contributed by atoms with Gasteiger partial charge in [0.1, 0.15) is 0 Å². The molecule has 0 aliphatic carbocycles. The molecule has 1 radical (unpaired) electrons. The van der Waals surface area contributed by atoms with Crippen molar-refractivity contribution < 1.29 is 23.0 Å². The van der Waals surface area contributed by atoms with Crippen LogP contribution in [0.15, 0.2) is 12.1 Å². The molecule has 1 saturated heterocycles. The van der Waals surface area contributed by atoms with Crippen molar-refractivity contribution in [3.05, 3.63) is 33.6 Å². The fraction of sp³-hybridized carbons (Fsp3) is 0.600. The predicted octanol–water partition coefficient (Wildman–Crippen LogP) is 2.80. The summed E-state index contributed by atoms with van der Waals surface area (Å²) in [7, 11) is -2.01. The van der Waals surface area contributed by atoms with Crippen LogP contribution in [0, 0.1) is 15.9 Å². The monoisotopic (exact) mass is 354 g/mol. The van der Waals surface area contributed by atoms with Crippen molar-refractivity contribution in [2.45, 2.75) is 58.6 Å². The Bertz CT molecular complexity index is 637. The van der Waals surface area contributed by atoms with Crippen LogP contribution in [0.4, 0.5) is 10.1 Å². The van der Waals surface area contributed by atoms with E-state index in [-0.39, 0.29) is 17.6 Å². The summed E-state index contributed by atoms with van der Waals surface area (Å²) < 4.78 is 31.7. The molecular formula is C15H22BFNO5Si. The van der Waals surface area contributed by atoms with Crippen LogP contribution in [0.25, 0.3) is 0 Å². The van der Waals surface area contributed by atoms with Crippen molar-refractivity contribution in [3.63, 3.8) is 0 Å². The molecule has 1 aromatic carbocycles. The maximum absolute atomic E-state index is 14.7. The zero-order valence-corrected chi connectivity index (χ0v) is 15.8. The van der Waals surface area contributed by atoms with E-state index >= 15 is 0 Å². The molecule has 24 heavy (non-hydrogen) atoms. The van der Waals surface area contributed by atoms with Crippen LogP contribution in [0.1, 0.15) is 33.3 Å². The average molecular weight is 354 g/mol. The molecule has 0 spiro atoms. The number of halogens is 1. The first-order chi connectivity index (χ1) is 11.0. The van der Waals surface area contributed by atoms with Crippen molar-refractivity contribution in [3.8, 4) is 0 Å². The topological polar surface area (TPSA) is 70.8 Å². The van der Waals surface area contributed by atoms with Gasteiger partial charge >= 0.3 is 12.8 Å². The van der Waals surface area contributed by atoms with Gasteiger partial charge in [-0.1, -0.05) is 12.1 Å². The minimum absolute atomic E-state index is 0.0115. The van der Waals surface area contributed by atoms with Crippen LogP contribution >= 0.6 is 0 Å². The third-order valence-electron chi connectivity index (χ3n) is 4.43. The van der Waals surface area contributed by atoms with Gasteiger partial charge in [-0.3, -0.25) is 10.1 Å². The largest absolute Gasteiger partial charge is 0.502 e. The quantitative estimate of drug-likeness (QED) is 0.462. The number of nitro groups is 1. The van der Waals surface area contributed by atoms with E-state index in [2.05, 4.69) is 0 Å². The molecule has 1 aliphatic rings. The number of benzene rings is 1. The van der Waals surface area contributed by atoms with Crippen LogP contribution in [0.5, 0.6) is 0 Å². The summed E-state index contributed by atoms with van der Waals surface area (Å²) in [5.74, 6) is -0.893. The fourth-order valence-corrected chi connectivity index (χ4v) is 2.74. The summed E-state index contributed by atoms with van der Waals surface area (Å²) in [5, 5.41) is 11.4. The van der Waals surface area contributed by atoms with E-state index in [1.807, 2.05) is 40.8 Å². The van der Waals surface area contributed by atoms with Gasteiger partial charge in [-0.2, -0.15) is 4.39 Å². The summed E-state index contributed by atoms with van der Waals surface area (Å²) in [5.41, 5.74) is -1.70. The van der Waals surface area contributed by atoms with Crippen LogP contribution < -0.4 is 5.46 Å². The number of rotatable bonds is 5. The second-order valence-corrected chi connectivity index (χ2v) is 9.12. The standard InChI is InChI=1S/C15H22BFNO5Si/c1-14(2)15(3,4)23-16(22-14)11-8-7-10(9-21-24(5)6)12(17)13(11)18(19)20/h7-8H,9H2,1-6H3. The molecule has 1 aromatic rings. The van der Waals surface area contributed by atoms with Crippen LogP contribution in [-0.4, -0.2) is 32.3 Å². The van der Waals surface area contributed by atoms with Gasteiger partial charge in [0.25, 0.3) is 0 Å². The van der Waals surface area contributed by atoms with Crippen LogP contribution in [0.3, 0.4) is 0 Å². The van der Waals surface area contributed by atoms with Gasteiger partial charge in [-0.05, 0) is 40.8 Å². The second kappa shape index (κ2) is 6.55. The van der Waals surface area contributed by atoms with Crippen LogP contribution in [0.2, 0.25) is 13.1 Å². The number of hydrogen-bond donors (Lipinski definition) is 0. The normalized spacial score (nSPS) is 19.1. The SMILES string of the molecule is C[Si](C)OCc1ccc(B2OC(C)(C)C(C)(C)O2)c([N+](=O)[O-])c1F. The molecule has 0 aromatic heterocycles. The average Bonchev–Trinajstić information content (AvgIpc) is 2.65. The minimum Gasteiger partial charge on any atom is -0.413 e. The zero-order valence-electron chi connectivity index (χ0n) is 14.8. The van der Waals surface area contributed by atoms with E-state index in [1.54, 1.807) is 0 Å². The highest BCUT2D eigenvalue weighted by Crippen LogP contribution is 2.37. The molecule has 0 bridgehead atoms. The third kappa shape index (κ3) is 3.54. The molecule has 1 heterocycles. The predicted molar refractivity (Wildman–Crippen MR) is 91.0 cm³/mol. The Kier molecular flexibility index (Phi) is 5.20. The van der Waals surface area contributed by atoms with Gasteiger partial charge < -0.3 is 13.7 Å². The molecule has 6 nitrogen and oxygen atoms in total. The Balaban J connectivity index is 2.42. The van der Waals surface area contributed by atoms with E-state index < -0.39 is 43.8 Å². The molecule has 1 fully saturated rings. The van der Waals surface area contributed by atoms with Crippen molar-refractivity contribution in [1.82, 2.24) is 0 Å². The summed E-state index contributed by atoms with van der Waals surface area (Å²) in [6, 6.07) is 2.98. The molecule has 0 unspecified atom stereocenters. The molecule has 0 amide bonds. The Morgan fingerprint density at radius 2 is 1.79 bits per heavy atom. The van der Waals surface area contributed by atoms with E-state index in [0.29, 0.717) is 0 Å². The Hall–Kier alpha value is -1.29. The third-order valence-corrected chi connectivity index (χ3v) is 5.16. The molecule has 0 saturated carbocycles. The minimum atomic E-state index is -1.02. The smallest absolute Gasteiger partial charge is 0.413 e. The van der Waals surface area contributed by atoms with E-state index in [9.17, 15) is 14.5 Å². The summed E-state index contributed by atoms with van der Waals surface area (Å²) in [4.78, 5) is 10.7. The van der Waals surface area contributed by atoms with Crippen molar-refractivity contribution in [2.75, 3.05) is 0 Å². The fourth-order valence-electron chi connectivity index (χ4n) is 2.30. The molecular weight excluding hydrogens is 332 g/mol. The van der Waals surface area contributed by atoms with Crippen molar-refractivity contribution >= 4 is 27.3 Å². The van der Waals surface area contributed by atoms with Gasteiger partial charge in [0.15, 0.2) is 0 Å².